The summed E-state index contributed by atoms with van der Waals surface area (Å²) in [4.78, 5) is 28.4. The van der Waals surface area contributed by atoms with E-state index in [2.05, 4.69) is 25.1 Å². The number of pyridine rings is 1. The molecule has 1 amide bonds. The number of rotatable bonds is 4. The summed E-state index contributed by atoms with van der Waals surface area (Å²) in [5, 5.41) is 8.25. The number of aryl methyl sites for hydroxylation is 1. The molecular weight excluding hydrogens is 439 g/mol. The molecule has 2 fully saturated rings. The lowest BCUT2D eigenvalue weighted by Gasteiger charge is -2.37. The average Bonchev–Trinajstić information content (AvgIpc) is 3.50. The van der Waals surface area contributed by atoms with Crippen LogP contribution in [0.5, 0.6) is 5.88 Å². The van der Waals surface area contributed by atoms with Crippen LogP contribution in [0.2, 0.25) is 0 Å². The van der Waals surface area contributed by atoms with Gasteiger partial charge in [-0.2, -0.15) is 23.4 Å². The van der Waals surface area contributed by atoms with Crippen LogP contribution in [-0.2, 0) is 6.18 Å². The van der Waals surface area contributed by atoms with Crippen molar-refractivity contribution in [2.24, 2.45) is 5.92 Å². The Hall–Kier alpha value is -3.57. The molecule has 1 aliphatic heterocycles. The maximum absolute atomic E-state index is 13.7. The Morgan fingerprint density at radius 1 is 1.12 bits per heavy atom. The molecule has 3 aromatic heterocycles. The molecule has 0 aromatic carbocycles. The highest BCUT2D eigenvalue weighted by molar-refractivity contribution is 5.96. The van der Waals surface area contributed by atoms with E-state index in [1.807, 2.05) is 6.92 Å². The zero-order valence-electron chi connectivity index (χ0n) is 17.8. The van der Waals surface area contributed by atoms with Crippen molar-refractivity contribution in [1.29, 1.82) is 0 Å². The van der Waals surface area contributed by atoms with E-state index in [9.17, 15) is 18.0 Å². The molecule has 0 spiro atoms. The monoisotopic (exact) mass is 459 g/mol. The zero-order valence-corrected chi connectivity index (χ0v) is 17.8. The van der Waals surface area contributed by atoms with Crippen LogP contribution < -0.4 is 4.74 Å². The van der Waals surface area contributed by atoms with Crippen LogP contribution >= 0.6 is 0 Å². The lowest BCUT2D eigenvalue weighted by molar-refractivity contribution is -0.141. The number of alkyl halides is 3. The molecular formula is C21H20F3N7O2. The van der Waals surface area contributed by atoms with Crippen LogP contribution in [0.1, 0.15) is 41.6 Å². The summed E-state index contributed by atoms with van der Waals surface area (Å²) in [5.74, 6) is -0.0732. The molecule has 3 aromatic rings. The predicted molar refractivity (Wildman–Crippen MR) is 107 cm³/mol. The summed E-state index contributed by atoms with van der Waals surface area (Å²) < 4.78 is 44.1. The summed E-state index contributed by atoms with van der Waals surface area (Å²) in [6, 6.07) is 3.23. The number of halogens is 3. The fourth-order valence-electron chi connectivity index (χ4n) is 4.70. The second-order valence-electron chi connectivity index (χ2n) is 8.28. The van der Waals surface area contributed by atoms with Gasteiger partial charge in [0.2, 0.25) is 5.88 Å². The van der Waals surface area contributed by atoms with Crippen molar-refractivity contribution in [2.45, 2.75) is 51.1 Å². The molecule has 0 radical (unpaired) electrons. The third-order valence-electron chi connectivity index (χ3n) is 6.26. The molecule has 1 aliphatic carbocycles. The van der Waals surface area contributed by atoms with Crippen LogP contribution in [0.4, 0.5) is 13.2 Å². The highest BCUT2D eigenvalue weighted by Crippen LogP contribution is 2.44. The molecule has 9 nitrogen and oxygen atoms in total. The number of amides is 1. The first kappa shape index (κ1) is 21.3. The molecule has 4 atom stereocenters. The predicted octanol–water partition coefficient (Wildman–Crippen LogP) is 2.85. The van der Waals surface area contributed by atoms with Gasteiger partial charge in [0.05, 0.1) is 30.8 Å². The number of likely N-dealkylation sites (tertiary alicyclic amines) is 1. The number of piperidine rings is 1. The number of aromatic nitrogens is 6. The smallest absolute Gasteiger partial charge is 0.434 e. The third-order valence-corrected chi connectivity index (χ3v) is 6.26. The standard InChI is InChI=1S/C21H20F3N7O2/c1-11-3-4-14(31-27-5-6-28-31)19(29-11)20(32)30-12(2)13-7-15(30)16(8-13)33-18-10-25-17(9-26-18)21(22,23)24/h3-6,9-10,12-13,15-16H,7-8H2,1-2H3. The molecule has 33 heavy (non-hydrogen) atoms. The molecule has 12 heteroatoms. The van der Waals surface area contributed by atoms with E-state index >= 15 is 0 Å². The Bertz CT molecular complexity index is 1170. The minimum absolute atomic E-state index is 0.00397. The van der Waals surface area contributed by atoms with Crippen molar-refractivity contribution in [3.63, 3.8) is 0 Å². The highest BCUT2D eigenvalue weighted by atomic mass is 19.4. The van der Waals surface area contributed by atoms with Crippen LogP contribution in [0.15, 0.2) is 36.9 Å². The maximum Gasteiger partial charge on any atom is 0.434 e. The van der Waals surface area contributed by atoms with Gasteiger partial charge in [-0.25, -0.2) is 15.0 Å². The fraction of sp³-hybridized carbons (Fsp3) is 0.429. The number of carbonyl (C=O) groups excluding carboxylic acids is 1. The van der Waals surface area contributed by atoms with E-state index in [0.29, 0.717) is 24.0 Å². The summed E-state index contributed by atoms with van der Waals surface area (Å²) in [6.45, 7) is 3.78. The molecule has 2 aliphatic rings. The Morgan fingerprint density at radius 3 is 2.52 bits per heavy atom. The number of hydrogen-bond acceptors (Lipinski definition) is 7. The van der Waals surface area contributed by atoms with Crippen molar-refractivity contribution in [1.82, 2.24) is 34.8 Å². The van der Waals surface area contributed by atoms with E-state index in [4.69, 9.17) is 4.74 Å². The van der Waals surface area contributed by atoms with Crippen LogP contribution in [0, 0.1) is 12.8 Å². The van der Waals surface area contributed by atoms with E-state index < -0.39 is 18.0 Å². The van der Waals surface area contributed by atoms with Crippen molar-refractivity contribution in [3.05, 3.63) is 54.0 Å². The Morgan fingerprint density at radius 2 is 1.88 bits per heavy atom. The van der Waals surface area contributed by atoms with Crippen molar-refractivity contribution in [2.75, 3.05) is 0 Å². The summed E-state index contributed by atoms with van der Waals surface area (Å²) in [6.07, 6.45) is 1.07. The van der Waals surface area contributed by atoms with E-state index in [1.54, 1.807) is 24.0 Å². The van der Waals surface area contributed by atoms with Gasteiger partial charge in [-0.05, 0) is 44.7 Å². The topological polar surface area (TPSA) is 98.9 Å². The van der Waals surface area contributed by atoms with Gasteiger partial charge in [-0.3, -0.25) is 4.79 Å². The molecule has 0 N–H and O–H groups in total. The molecule has 1 saturated heterocycles. The zero-order chi connectivity index (χ0) is 23.3. The number of fused-ring (bicyclic) bond motifs is 2. The van der Waals surface area contributed by atoms with Gasteiger partial charge in [0.25, 0.3) is 5.91 Å². The number of carbonyl (C=O) groups is 1. The number of hydrogen-bond donors (Lipinski definition) is 0. The van der Waals surface area contributed by atoms with Crippen molar-refractivity contribution < 1.29 is 22.7 Å². The SMILES string of the molecule is Cc1ccc(-n2nccn2)c(C(=O)N2C(C)C3CC(Oc4cnc(C(F)(F)F)cn4)C2C3)n1. The third kappa shape index (κ3) is 3.79. The van der Waals surface area contributed by atoms with Gasteiger partial charge in [0, 0.05) is 11.7 Å². The Balaban J connectivity index is 1.40. The number of ether oxygens (including phenoxy) is 1. The molecule has 4 unspecified atom stereocenters. The van der Waals surface area contributed by atoms with Crippen molar-refractivity contribution >= 4 is 5.91 Å². The second-order valence-corrected chi connectivity index (χ2v) is 8.28. The van der Waals surface area contributed by atoms with Gasteiger partial charge in [0.15, 0.2) is 11.4 Å². The molecule has 1 saturated carbocycles. The van der Waals surface area contributed by atoms with Crippen LogP contribution in [-0.4, -0.2) is 58.9 Å². The molecule has 2 bridgehead atoms. The quantitative estimate of drug-likeness (QED) is 0.592. The van der Waals surface area contributed by atoms with Gasteiger partial charge in [-0.15, -0.1) is 4.80 Å². The molecule has 172 valence electrons. The second kappa shape index (κ2) is 7.78. The lowest BCUT2D eigenvalue weighted by Crippen LogP contribution is -2.51. The lowest BCUT2D eigenvalue weighted by atomic mass is 9.98. The van der Waals surface area contributed by atoms with E-state index in [-0.39, 0.29) is 35.5 Å². The Labute approximate surface area is 186 Å². The summed E-state index contributed by atoms with van der Waals surface area (Å²) in [7, 11) is 0. The van der Waals surface area contributed by atoms with Gasteiger partial charge in [-0.1, -0.05) is 0 Å². The first-order chi connectivity index (χ1) is 15.7. The number of nitrogens with zero attached hydrogens (tertiary/aromatic N) is 7. The first-order valence-corrected chi connectivity index (χ1v) is 10.5. The fourth-order valence-corrected chi connectivity index (χ4v) is 4.70. The van der Waals surface area contributed by atoms with E-state index in [1.165, 1.54) is 17.2 Å². The van der Waals surface area contributed by atoms with Gasteiger partial charge < -0.3 is 9.64 Å². The molecule has 4 heterocycles. The van der Waals surface area contributed by atoms with Gasteiger partial charge in [0.1, 0.15) is 11.8 Å². The average molecular weight is 459 g/mol. The minimum Gasteiger partial charge on any atom is -0.471 e. The van der Waals surface area contributed by atoms with Crippen LogP contribution in [0.25, 0.3) is 5.69 Å². The van der Waals surface area contributed by atoms with Crippen LogP contribution in [0.3, 0.4) is 0 Å². The normalized spacial score (nSPS) is 24.3. The highest BCUT2D eigenvalue weighted by Gasteiger charge is 2.53. The maximum atomic E-state index is 13.7. The first-order valence-electron chi connectivity index (χ1n) is 10.5. The Kier molecular flexibility index (Phi) is 5.02. The van der Waals surface area contributed by atoms with Crippen molar-refractivity contribution in [3.8, 4) is 11.6 Å². The summed E-state index contributed by atoms with van der Waals surface area (Å²) in [5.41, 5.74) is 0.299. The van der Waals surface area contributed by atoms with Gasteiger partial charge >= 0.3 is 6.18 Å². The van der Waals surface area contributed by atoms with E-state index in [0.717, 1.165) is 12.6 Å². The summed E-state index contributed by atoms with van der Waals surface area (Å²) >= 11 is 0. The largest absolute Gasteiger partial charge is 0.471 e. The minimum atomic E-state index is -4.57. The molecule has 5 rings (SSSR count).